The van der Waals surface area contributed by atoms with Gasteiger partial charge in [0, 0.05) is 56.9 Å². The fourth-order valence-corrected chi connectivity index (χ4v) is 8.30. The lowest BCUT2D eigenvalue weighted by Crippen LogP contribution is -2.61. The normalized spacial score (nSPS) is 19.4. The first-order chi connectivity index (χ1) is 38.0. The second-order valence-electron chi connectivity index (χ2n) is 18.7. The monoisotopic (exact) mass is 1300 g/mol. The fraction of sp³-hybridized carbons (Fsp3) is 0.250. The van der Waals surface area contributed by atoms with Gasteiger partial charge in [0.05, 0.1) is 6.54 Å². The molecule has 9 rings (SSSR count). The average molecular weight is 1300 g/mol. The zero-order chi connectivity index (χ0) is 57.0. The first-order valence-electron chi connectivity index (χ1n) is 24.7. The maximum atomic E-state index is 12.8. The number of esters is 5. The number of amides is 3. The molecule has 6 aromatic carbocycles. The van der Waals surface area contributed by atoms with Gasteiger partial charge in [0.25, 0.3) is 17.4 Å². The number of likely N-dealkylation sites (tertiary alicyclic amines) is 1. The van der Waals surface area contributed by atoms with Crippen molar-refractivity contribution in [3.05, 3.63) is 215 Å². The number of morpholine rings is 1. The molecule has 0 bridgehead atoms. The number of hydrogen-bond acceptors (Lipinski definition) is 14. The second-order valence-corrected chi connectivity index (χ2v) is 18.7. The van der Waals surface area contributed by atoms with Gasteiger partial charge >= 0.3 is 29.8 Å². The van der Waals surface area contributed by atoms with Crippen molar-refractivity contribution in [2.45, 2.75) is 65.8 Å². The van der Waals surface area contributed by atoms with E-state index in [4.69, 9.17) is 23.7 Å². The molecule has 0 radical (unpaired) electrons. The van der Waals surface area contributed by atoms with Crippen molar-refractivity contribution in [1.82, 2.24) is 14.7 Å². The first-order valence-corrected chi connectivity index (χ1v) is 31.0. The van der Waals surface area contributed by atoms with Crippen LogP contribution in [-0.4, -0.2) is 93.5 Å². The maximum absolute atomic E-state index is 12.8. The molecule has 410 valence electrons. The van der Waals surface area contributed by atoms with Crippen molar-refractivity contribution in [2.24, 2.45) is 10.8 Å². The number of rotatable bonds is 15. The molecule has 3 atom stereocenters. The number of ketones is 1. The number of cyclic esters (lactones) is 2. The Bertz CT molecular complexity index is 3070. The molecule has 3 aliphatic heterocycles. The Balaban J connectivity index is 0.000000188. The molecule has 19 heteroatoms. The highest BCUT2D eigenvalue weighted by molar-refractivity contribution is 15.0. The maximum Gasteiger partial charge on any atom is 0.360 e. The lowest BCUT2D eigenvalue weighted by atomic mass is 9.88. The highest BCUT2D eigenvalue weighted by atomic mass is 128. The molecule has 79 heavy (non-hydrogen) atoms. The summed E-state index contributed by atoms with van der Waals surface area (Å²) < 4.78 is 25.9. The summed E-state index contributed by atoms with van der Waals surface area (Å²) in [5, 5.41) is 0. The van der Waals surface area contributed by atoms with Gasteiger partial charge in [-0.2, -0.15) is 0 Å². The average Bonchev–Trinajstić information content (AvgIpc) is 3.90. The van der Waals surface area contributed by atoms with E-state index in [0.29, 0.717) is 6.54 Å². The SMILES string of the molecule is CC1(C(=O)OCc2ccccc2)C(=O)CN(Cc2ccccc2)C1=O.CC1(C(=O)OCc2ccccc2)C(=O)OCN(Cc2ccccc2)C1=O.CC1(C(=O)OCc2ccccc2)OC(=O)CN(Cc2ccccc2)C1=O.II. The van der Waals surface area contributed by atoms with Crippen LogP contribution in [0.1, 0.15) is 54.2 Å². The molecule has 0 aliphatic carbocycles. The van der Waals surface area contributed by atoms with Crippen LogP contribution in [0.4, 0.5) is 0 Å². The minimum atomic E-state index is -2.00. The van der Waals surface area contributed by atoms with E-state index in [1.54, 1.807) is 24.3 Å². The Labute approximate surface area is 480 Å². The largest absolute Gasteiger partial charge is 0.460 e. The molecule has 0 N–H and O–H groups in total. The van der Waals surface area contributed by atoms with Crippen molar-refractivity contribution >= 4 is 90.6 Å². The van der Waals surface area contributed by atoms with Gasteiger partial charge in [0.15, 0.2) is 12.5 Å². The summed E-state index contributed by atoms with van der Waals surface area (Å²) in [4.78, 5) is 116. The van der Waals surface area contributed by atoms with Crippen molar-refractivity contribution in [2.75, 3.05) is 19.8 Å². The quantitative estimate of drug-likeness (QED) is 0.0409. The fourth-order valence-electron chi connectivity index (χ4n) is 8.30. The molecule has 6 aromatic rings. The van der Waals surface area contributed by atoms with Crippen LogP contribution in [0.2, 0.25) is 0 Å². The Kier molecular flexibility index (Phi) is 22.0. The van der Waals surface area contributed by atoms with E-state index in [9.17, 15) is 43.2 Å². The van der Waals surface area contributed by atoms with Crippen molar-refractivity contribution in [3.8, 4) is 0 Å². The Morgan fingerprint density at radius 1 is 0.430 bits per heavy atom. The van der Waals surface area contributed by atoms with Crippen LogP contribution in [0.5, 0.6) is 0 Å². The first kappa shape index (κ1) is 60.4. The summed E-state index contributed by atoms with van der Waals surface area (Å²) in [5.74, 6) is -6.22. The van der Waals surface area contributed by atoms with Crippen LogP contribution in [0.3, 0.4) is 0 Å². The van der Waals surface area contributed by atoms with E-state index in [2.05, 4.69) is 37.2 Å². The van der Waals surface area contributed by atoms with Crippen LogP contribution >= 0.6 is 37.2 Å². The Hall–Kier alpha value is -7.79. The Morgan fingerprint density at radius 2 is 0.747 bits per heavy atom. The molecule has 3 unspecified atom stereocenters. The van der Waals surface area contributed by atoms with E-state index >= 15 is 0 Å². The molecule has 0 aromatic heterocycles. The van der Waals surface area contributed by atoms with Gasteiger partial charge in [0.1, 0.15) is 26.4 Å². The molecule has 3 saturated heterocycles. The van der Waals surface area contributed by atoms with Crippen molar-refractivity contribution < 1.29 is 66.8 Å². The summed E-state index contributed by atoms with van der Waals surface area (Å²) in [6, 6.07) is 55.2. The Morgan fingerprint density at radius 3 is 1.14 bits per heavy atom. The summed E-state index contributed by atoms with van der Waals surface area (Å²) in [5.41, 5.74) is -0.745. The van der Waals surface area contributed by atoms with Gasteiger partial charge in [-0.1, -0.05) is 182 Å². The van der Waals surface area contributed by atoms with Crippen molar-refractivity contribution in [1.29, 1.82) is 0 Å². The third-order valence-corrected chi connectivity index (χ3v) is 12.9. The van der Waals surface area contributed by atoms with Gasteiger partial charge in [-0.05, 0) is 54.2 Å². The summed E-state index contributed by atoms with van der Waals surface area (Å²) in [7, 11) is 0. The molecular weight excluding hydrogens is 1240 g/mol. The van der Waals surface area contributed by atoms with Gasteiger partial charge in [-0.25, -0.2) is 4.79 Å². The molecular formula is C60H57I2N3O14. The van der Waals surface area contributed by atoms with E-state index in [0.717, 1.165) is 33.4 Å². The minimum absolute atomic E-state index is 0.00121. The highest BCUT2D eigenvalue weighted by Gasteiger charge is 2.58. The highest BCUT2D eigenvalue weighted by Crippen LogP contribution is 2.32. The molecule has 3 fully saturated rings. The van der Waals surface area contributed by atoms with Gasteiger partial charge in [-0.3, -0.25) is 38.4 Å². The van der Waals surface area contributed by atoms with Crippen LogP contribution in [-0.2, 0) is 106 Å². The predicted molar refractivity (Wildman–Crippen MR) is 304 cm³/mol. The standard InChI is InChI=1S/2C20H19NO5.C20H19NO4.I2/c1-20(19(24)25-14-16-10-6-3-7-11-16)18(23)21(13-17(22)26-20)12-15-8-4-2-5-9-15;1-20(18(23)25-13-16-10-6-3-7-11-16)17(22)21(14-26-19(20)24)12-15-8-4-2-5-9-15;1-20(19(24)25-14-16-10-6-3-7-11-16)17(22)13-21(18(20)23)12-15-8-4-2-5-9-15;1-2/h2*2-11H,12-14H2,1H3;2-11H,12-14H2,1H3;. The lowest BCUT2D eigenvalue weighted by molar-refractivity contribution is -0.198. The number of carbonyl (C=O) groups is 9. The van der Waals surface area contributed by atoms with Crippen LogP contribution in [0, 0.1) is 10.8 Å². The van der Waals surface area contributed by atoms with Gasteiger partial charge in [0.2, 0.25) is 16.7 Å². The zero-order valence-electron chi connectivity index (χ0n) is 43.5. The van der Waals surface area contributed by atoms with Crippen LogP contribution in [0.15, 0.2) is 182 Å². The molecule has 3 heterocycles. The number of nitrogens with zero attached hydrogens (tertiary/aromatic N) is 3. The molecule has 3 aliphatic rings. The number of benzene rings is 6. The predicted octanol–water partition coefficient (Wildman–Crippen LogP) is 8.47. The third-order valence-electron chi connectivity index (χ3n) is 12.9. The number of halogens is 2. The number of hydrogen-bond donors (Lipinski definition) is 0. The molecule has 0 spiro atoms. The van der Waals surface area contributed by atoms with E-state index in [-0.39, 0.29) is 52.7 Å². The van der Waals surface area contributed by atoms with E-state index in [1.807, 2.05) is 158 Å². The number of ether oxygens (including phenoxy) is 5. The summed E-state index contributed by atoms with van der Waals surface area (Å²) in [6.45, 7) is 4.20. The molecule has 3 amide bonds. The molecule has 0 saturated carbocycles. The third kappa shape index (κ3) is 15.5. The van der Waals surface area contributed by atoms with Crippen LogP contribution in [0.25, 0.3) is 0 Å². The lowest BCUT2D eigenvalue weighted by Gasteiger charge is -2.36. The van der Waals surface area contributed by atoms with E-state index < -0.39 is 69.8 Å². The molecule has 17 nitrogen and oxygen atoms in total. The summed E-state index contributed by atoms with van der Waals surface area (Å²) in [6.07, 6.45) is 0. The minimum Gasteiger partial charge on any atom is -0.460 e. The topological polar surface area (TPSA) is 209 Å². The van der Waals surface area contributed by atoms with E-state index in [1.165, 1.54) is 35.5 Å². The van der Waals surface area contributed by atoms with Gasteiger partial charge < -0.3 is 38.4 Å². The smallest absolute Gasteiger partial charge is 0.360 e. The summed E-state index contributed by atoms with van der Waals surface area (Å²) >= 11 is 4.24. The van der Waals surface area contributed by atoms with Gasteiger partial charge in [-0.15, -0.1) is 0 Å². The van der Waals surface area contributed by atoms with Crippen LogP contribution < -0.4 is 0 Å². The second kappa shape index (κ2) is 28.7. The number of Topliss-reactive ketones (excluding diaryl/α,β-unsaturated/α-hetero) is 1. The zero-order valence-corrected chi connectivity index (χ0v) is 47.8. The van der Waals surface area contributed by atoms with Crippen molar-refractivity contribution in [3.63, 3.8) is 0 Å². The number of carbonyl (C=O) groups excluding carboxylic acids is 9.